The van der Waals surface area contributed by atoms with Gasteiger partial charge in [-0.05, 0) is 12.1 Å². The van der Waals surface area contributed by atoms with E-state index in [1.54, 1.807) is 4.72 Å². The van der Waals surface area contributed by atoms with E-state index >= 15 is 0 Å². The lowest BCUT2D eigenvalue weighted by Crippen LogP contribution is -2.50. The normalized spacial score (nSPS) is 22.5. The largest absolute Gasteiger partial charge is 0.480 e. The Balaban J connectivity index is 2.67. The molecule has 1 unspecified atom stereocenters. The van der Waals surface area contributed by atoms with E-state index in [1.807, 2.05) is 0 Å². The molecule has 84 valence electrons. The molecule has 16 heavy (non-hydrogen) atoms. The zero-order valence-electron chi connectivity index (χ0n) is 7.75. The summed E-state index contributed by atoms with van der Waals surface area (Å²) < 4.78 is 24.8. The predicted molar refractivity (Wildman–Crippen MR) is 50.3 cm³/mol. The fourth-order valence-electron chi connectivity index (χ4n) is 1.38. The van der Waals surface area contributed by atoms with Gasteiger partial charge in [-0.3, -0.25) is 4.79 Å². The molecule has 0 bridgehead atoms. The second-order valence-electron chi connectivity index (χ2n) is 3.11. The molecule has 1 aliphatic heterocycles. The molecule has 1 aromatic rings. The topological polar surface area (TPSA) is 113 Å². The number of hydrogen-bond donors (Lipinski definition) is 2. The van der Waals surface area contributed by atoms with Crippen molar-refractivity contribution in [2.75, 3.05) is 0 Å². The lowest BCUT2D eigenvalue weighted by molar-refractivity contribution is -0.137. The van der Waals surface area contributed by atoms with E-state index < -0.39 is 32.8 Å². The maximum atomic E-state index is 11.6. The van der Waals surface area contributed by atoms with E-state index in [0.29, 0.717) is 0 Å². The van der Waals surface area contributed by atoms with Crippen molar-refractivity contribution >= 4 is 21.8 Å². The van der Waals surface area contributed by atoms with Crippen LogP contribution in [0.2, 0.25) is 0 Å². The first kappa shape index (κ1) is 10.7. The van der Waals surface area contributed by atoms with Crippen LogP contribution in [0.25, 0.3) is 0 Å². The van der Waals surface area contributed by atoms with Crippen molar-refractivity contribution in [1.82, 2.24) is 9.71 Å². The highest BCUT2D eigenvalue weighted by Crippen LogP contribution is 2.20. The van der Waals surface area contributed by atoms with Gasteiger partial charge in [0.05, 0.1) is 5.56 Å². The van der Waals surface area contributed by atoms with Crippen LogP contribution in [0.15, 0.2) is 23.4 Å². The molecule has 0 saturated carbocycles. The molecule has 0 radical (unpaired) electrons. The SMILES string of the molecule is O=C(O)C1NS(=O)(=O)c2ncccc2C1=O. The summed E-state index contributed by atoms with van der Waals surface area (Å²) in [4.78, 5) is 25.8. The molecule has 1 atom stereocenters. The summed E-state index contributed by atoms with van der Waals surface area (Å²) in [5, 5.41) is 8.27. The molecule has 1 aromatic heterocycles. The molecule has 0 saturated heterocycles. The molecule has 2 N–H and O–H groups in total. The van der Waals surface area contributed by atoms with Crippen LogP contribution in [0, 0.1) is 0 Å². The Morgan fingerprint density at radius 3 is 2.81 bits per heavy atom. The number of carboxylic acids is 1. The number of rotatable bonds is 1. The number of pyridine rings is 1. The van der Waals surface area contributed by atoms with Gasteiger partial charge in [-0.15, -0.1) is 0 Å². The third kappa shape index (κ3) is 1.48. The van der Waals surface area contributed by atoms with E-state index in [0.717, 1.165) is 0 Å². The van der Waals surface area contributed by atoms with Crippen LogP contribution in [0.5, 0.6) is 0 Å². The second kappa shape index (κ2) is 3.35. The molecule has 0 fully saturated rings. The van der Waals surface area contributed by atoms with Crippen molar-refractivity contribution in [3.8, 4) is 0 Å². The minimum Gasteiger partial charge on any atom is -0.480 e. The molecule has 0 amide bonds. The van der Waals surface area contributed by atoms with Crippen molar-refractivity contribution in [2.45, 2.75) is 11.1 Å². The number of hydrogen-bond acceptors (Lipinski definition) is 5. The number of nitrogens with zero attached hydrogens (tertiary/aromatic N) is 1. The van der Waals surface area contributed by atoms with Gasteiger partial charge >= 0.3 is 5.97 Å². The Hall–Kier alpha value is -1.80. The van der Waals surface area contributed by atoms with Gasteiger partial charge in [-0.25, -0.2) is 18.2 Å². The Labute approximate surface area is 90.2 Å². The van der Waals surface area contributed by atoms with Crippen LogP contribution >= 0.6 is 0 Å². The minimum atomic E-state index is -4.03. The Kier molecular flexibility index (Phi) is 2.25. The van der Waals surface area contributed by atoms with Gasteiger partial charge in [-0.1, -0.05) is 0 Å². The fourth-order valence-corrected chi connectivity index (χ4v) is 2.66. The van der Waals surface area contributed by atoms with Gasteiger partial charge in [-0.2, -0.15) is 4.72 Å². The van der Waals surface area contributed by atoms with Crippen molar-refractivity contribution in [3.63, 3.8) is 0 Å². The van der Waals surface area contributed by atoms with Crippen LogP contribution in [-0.4, -0.2) is 36.3 Å². The number of aromatic nitrogens is 1. The molecular weight excluding hydrogens is 236 g/mol. The minimum absolute atomic E-state index is 0.200. The van der Waals surface area contributed by atoms with E-state index in [1.165, 1.54) is 18.3 Å². The molecule has 0 spiro atoms. The number of fused-ring (bicyclic) bond motifs is 1. The van der Waals surface area contributed by atoms with Crippen LogP contribution in [0.4, 0.5) is 0 Å². The van der Waals surface area contributed by atoms with E-state index in [9.17, 15) is 18.0 Å². The molecule has 0 aliphatic carbocycles. The highest BCUT2D eigenvalue weighted by molar-refractivity contribution is 7.89. The van der Waals surface area contributed by atoms with Gasteiger partial charge in [0.15, 0.2) is 16.9 Å². The predicted octanol–water partition coefficient (Wildman–Crippen LogP) is -0.991. The Bertz CT molecular complexity index is 580. The lowest BCUT2D eigenvalue weighted by Gasteiger charge is -2.20. The first-order valence-corrected chi connectivity index (χ1v) is 5.66. The molecular formula is C8H6N2O5S. The summed E-state index contributed by atoms with van der Waals surface area (Å²) in [7, 11) is -4.03. The average molecular weight is 242 g/mol. The Morgan fingerprint density at radius 1 is 1.50 bits per heavy atom. The van der Waals surface area contributed by atoms with E-state index in [4.69, 9.17) is 5.11 Å². The average Bonchev–Trinajstić information content (AvgIpc) is 2.23. The van der Waals surface area contributed by atoms with Crippen molar-refractivity contribution < 1.29 is 23.1 Å². The smallest absolute Gasteiger partial charge is 0.329 e. The van der Waals surface area contributed by atoms with Gasteiger partial charge < -0.3 is 5.11 Å². The molecule has 2 rings (SSSR count). The van der Waals surface area contributed by atoms with Gasteiger partial charge in [0.2, 0.25) is 0 Å². The summed E-state index contributed by atoms with van der Waals surface area (Å²) in [5.74, 6) is -2.35. The molecule has 8 heteroatoms. The molecule has 0 aromatic carbocycles. The molecule has 1 aliphatic rings. The highest BCUT2D eigenvalue weighted by Gasteiger charge is 2.41. The standard InChI is InChI=1S/C8H6N2O5S/c11-6-4-2-1-3-9-7(4)16(14,15)10-5(6)8(12)13/h1-3,5,10H,(H,12,13). The van der Waals surface area contributed by atoms with Crippen LogP contribution < -0.4 is 4.72 Å². The zero-order chi connectivity index (χ0) is 11.9. The number of carbonyl (C=O) groups excluding carboxylic acids is 1. The number of carbonyl (C=O) groups is 2. The third-order valence-corrected chi connectivity index (χ3v) is 3.45. The first-order valence-electron chi connectivity index (χ1n) is 4.18. The van der Waals surface area contributed by atoms with Crippen molar-refractivity contribution in [2.24, 2.45) is 0 Å². The van der Waals surface area contributed by atoms with Gasteiger partial charge in [0, 0.05) is 6.20 Å². The highest BCUT2D eigenvalue weighted by atomic mass is 32.2. The number of ketones is 1. The van der Waals surface area contributed by atoms with E-state index in [-0.39, 0.29) is 5.56 Å². The first-order chi connectivity index (χ1) is 7.43. The molecule has 2 heterocycles. The second-order valence-corrected chi connectivity index (χ2v) is 4.74. The Morgan fingerprint density at radius 2 is 2.19 bits per heavy atom. The summed E-state index contributed by atoms with van der Waals surface area (Å²) in [6.45, 7) is 0. The van der Waals surface area contributed by atoms with Crippen molar-refractivity contribution in [1.29, 1.82) is 0 Å². The molecule has 7 nitrogen and oxygen atoms in total. The fraction of sp³-hybridized carbons (Fsp3) is 0.125. The monoisotopic (exact) mass is 242 g/mol. The van der Waals surface area contributed by atoms with Crippen molar-refractivity contribution in [3.05, 3.63) is 23.9 Å². The summed E-state index contributed by atoms with van der Waals surface area (Å²) in [6.07, 6.45) is 1.21. The van der Waals surface area contributed by atoms with Crippen LogP contribution in [0.1, 0.15) is 10.4 Å². The maximum Gasteiger partial charge on any atom is 0.329 e. The van der Waals surface area contributed by atoms with Crippen LogP contribution in [-0.2, 0) is 14.8 Å². The summed E-state index contributed by atoms with van der Waals surface area (Å²) in [6, 6.07) is 0.830. The van der Waals surface area contributed by atoms with Crippen LogP contribution in [0.3, 0.4) is 0 Å². The zero-order valence-corrected chi connectivity index (χ0v) is 8.56. The summed E-state index contributed by atoms with van der Waals surface area (Å²) in [5.41, 5.74) is -0.200. The lowest BCUT2D eigenvalue weighted by atomic mass is 10.1. The summed E-state index contributed by atoms with van der Waals surface area (Å²) >= 11 is 0. The number of Topliss-reactive ketones (excluding diaryl/α,β-unsaturated/α-hetero) is 1. The number of nitrogens with one attached hydrogen (secondary N) is 1. The van der Waals surface area contributed by atoms with Gasteiger partial charge in [0.1, 0.15) is 0 Å². The number of sulfonamides is 1. The number of aliphatic carboxylic acids is 1. The van der Waals surface area contributed by atoms with E-state index in [2.05, 4.69) is 4.98 Å². The van der Waals surface area contributed by atoms with Gasteiger partial charge in [0.25, 0.3) is 10.0 Å². The number of carboxylic acid groups (broad SMARTS) is 1. The third-order valence-electron chi connectivity index (χ3n) is 2.07. The quantitative estimate of drug-likeness (QED) is 0.611. The maximum absolute atomic E-state index is 11.6.